The van der Waals surface area contributed by atoms with Gasteiger partial charge in [-0.05, 0) is 31.2 Å². The molecule has 0 saturated heterocycles. The third-order valence-corrected chi connectivity index (χ3v) is 6.80. The summed E-state index contributed by atoms with van der Waals surface area (Å²) in [5.41, 5.74) is 0.507. The highest BCUT2D eigenvalue weighted by Gasteiger charge is 2.26. The molecule has 150 valence electrons. The molecule has 0 aliphatic rings. The van der Waals surface area contributed by atoms with Crippen molar-refractivity contribution < 1.29 is 18.1 Å². The van der Waals surface area contributed by atoms with Gasteiger partial charge in [0.1, 0.15) is 4.90 Å². The summed E-state index contributed by atoms with van der Waals surface area (Å²) in [4.78, 5) is 23.0. The van der Waals surface area contributed by atoms with Gasteiger partial charge in [0.15, 0.2) is 0 Å². The zero-order valence-corrected chi connectivity index (χ0v) is 17.2. The predicted octanol–water partition coefficient (Wildman–Crippen LogP) is 3.84. The van der Waals surface area contributed by atoms with Crippen LogP contribution in [0.5, 0.6) is 0 Å². The molecule has 2 aromatic rings. The lowest BCUT2D eigenvalue weighted by molar-refractivity contribution is -0.385. The Morgan fingerprint density at radius 3 is 2.43 bits per heavy atom. The van der Waals surface area contributed by atoms with E-state index in [1.54, 1.807) is 13.8 Å². The molecule has 0 atom stereocenters. The van der Waals surface area contributed by atoms with Crippen LogP contribution in [0.3, 0.4) is 0 Å². The van der Waals surface area contributed by atoms with Gasteiger partial charge in [-0.25, -0.2) is 8.42 Å². The number of carbonyl (C=O) groups excluding carboxylic acids is 1. The number of benzene rings is 2. The van der Waals surface area contributed by atoms with Crippen LogP contribution in [0.15, 0.2) is 41.3 Å². The van der Waals surface area contributed by atoms with E-state index in [1.807, 2.05) is 0 Å². The summed E-state index contributed by atoms with van der Waals surface area (Å²) in [6.45, 7) is 5.45. The molecule has 2 aromatic carbocycles. The molecule has 0 radical (unpaired) electrons. The fourth-order valence-electron chi connectivity index (χ4n) is 2.70. The second-order valence-electron chi connectivity index (χ2n) is 5.90. The fraction of sp³-hybridized carbons (Fsp3) is 0.278. The van der Waals surface area contributed by atoms with Gasteiger partial charge in [-0.1, -0.05) is 31.5 Å². The minimum Gasteiger partial charge on any atom is -0.321 e. The summed E-state index contributed by atoms with van der Waals surface area (Å²) in [5, 5.41) is 13.6. The quantitative estimate of drug-likeness (QED) is 0.535. The molecule has 2 rings (SSSR count). The van der Waals surface area contributed by atoms with Crippen LogP contribution in [0.4, 0.5) is 11.4 Å². The van der Waals surface area contributed by atoms with Crippen LogP contribution < -0.4 is 5.32 Å². The number of carbonyl (C=O) groups is 1. The summed E-state index contributed by atoms with van der Waals surface area (Å²) in [5.74, 6) is -0.601. The Kier molecular flexibility index (Phi) is 6.76. The van der Waals surface area contributed by atoms with E-state index in [1.165, 1.54) is 47.6 Å². The summed E-state index contributed by atoms with van der Waals surface area (Å²) < 4.78 is 26.8. The lowest BCUT2D eigenvalue weighted by Crippen LogP contribution is -2.31. The summed E-state index contributed by atoms with van der Waals surface area (Å²) in [6.07, 6.45) is 0. The van der Waals surface area contributed by atoms with Gasteiger partial charge in [0.05, 0.1) is 21.2 Å². The number of hydrogen-bond acceptors (Lipinski definition) is 5. The minimum atomic E-state index is -3.85. The number of sulfonamides is 1. The average molecular weight is 426 g/mol. The Morgan fingerprint density at radius 1 is 1.21 bits per heavy atom. The van der Waals surface area contributed by atoms with Crippen LogP contribution in [-0.4, -0.2) is 36.6 Å². The third kappa shape index (κ3) is 4.32. The van der Waals surface area contributed by atoms with Crippen molar-refractivity contribution in [2.75, 3.05) is 18.4 Å². The van der Waals surface area contributed by atoms with Gasteiger partial charge in [-0.15, -0.1) is 0 Å². The standard InChI is InChI=1S/C18H20ClN3O5S/c1-4-21(5-2)28(26,27)17-11-13(9-10-14(17)19)18(23)20-15-7-6-8-16(12(15)3)22(24)25/h6-11H,4-5H2,1-3H3,(H,20,23). The van der Waals surface area contributed by atoms with Crippen LogP contribution in [0.2, 0.25) is 5.02 Å². The highest BCUT2D eigenvalue weighted by atomic mass is 35.5. The summed E-state index contributed by atoms with van der Waals surface area (Å²) in [7, 11) is -3.85. The second-order valence-corrected chi connectivity index (χ2v) is 8.21. The molecule has 0 unspecified atom stereocenters. The van der Waals surface area contributed by atoms with Gasteiger partial charge in [0.25, 0.3) is 11.6 Å². The van der Waals surface area contributed by atoms with Gasteiger partial charge in [-0.3, -0.25) is 14.9 Å². The average Bonchev–Trinajstić information content (AvgIpc) is 2.64. The van der Waals surface area contributed by atoms with Gasteiger partial charge < -0.3 is 5.32 Å². The molecule has 0 aromatic heterocycles. The number of anilines is 1. The molecular weight excluding hydrogens is 406 g/mol. The third-order valence-electron chi connectivity index (χ3n) is 4.27. The predicted molar refractivity (Wildman–Crippen MR) is 107 cm³/mol. The Morgan fingerprint density at radius 2 is 1.86 bits per heavy atom. The lowest BCUT2D eigenvalue weighted by Gasteiger charge is -2.19. The molecule has 0 spiro atoms. The molecule has 1 amide bonds. The Hall–Kier alpha value is -2.49. The molecule has 1 N–H and O–H groups in total. The maximum atomic E-state index is 12.8. The molecule has 0 aliphatic carbocycles. The van der Waals surface area contributed by atoms with Crippen molar-refractivity contribution in [3.63, 3.8) is 0 Å². The van der Waals surface area contributed by atoms with Gasteiger partial charge in [-0.2, -0.15) is 4.31 Å². The van der Waals surface area contributed by atoms with Crippen LogP contribution in [0.25, 0.3) is 0 Å². The molecule has 0 fully saturated rings. The van der Waals surface area contributed by atoms with Crippen LogP contribution in [-0.2, 0) is 10.0 Å². The molecule has 0 heterocycles. The van der Waals surface area contributed by atoms with Crippen molar-refractivity contribution in [2.45, 2.75) is 25.7 Å². The van der Waals surface area contributed by atoms with Crippen molar-refractivity contribution in [3.8, 4) is 0 Å². The van der Waals surface area contributed by atoms with Crippen LogP contribution in [0.1, 0.15) is 29.8 Å². The van der Waals surface area contributed by atoms with Crippen molar-refractivity contribution in [3.05, 3.63) is 62.7 Å². The highest BCUT2D eigenvalue weighted by Crippen LogP contribution is 2.28. The molecule has 10 heteroatoms. The van der Waals surface area contributed by atoms with Crippen molar-refractivity contribution in [1.82, 2.24) is 4.31 Å². The van der Waals surface area contributed by atoms with E-state index in [9.17, 15) is 23.3 Å². The van der Waals surface area contributed by atoms with Gasteiger partial charge in [0, 0.05) is 24.7 Å². The van der Waals surface area contributed by atoms with E-state index in [-0.39, 0.29) is 39.9 Å². The summed E-state index contributed by atoms with van der Waals surface area (Å²) >= 11 is 6.07. The van der Waals surface area contributed by atoms with Crippen molar-refractivity contribution >= 4 is 38.9 Å². The number of hydrogen-bond donors (Lipinski definition) is 1. The molecule has 0 bridgehead atoms. The smallest absolute Gasteiger partial charge is 0.274 e. The number of rotatable bonds is 7. The number of nitro groups is 1. The molecule has 0 aliphatic heterocycles. The maximum Gasteiger partial charge on any atom is 0.274 e. The first kappa shape index (κ1) is 21.8. The van der Waals surface area contributed by atoms with E-state index >= 15 is 0 Å². The van der Waals surface area contributed by atoms with E-state index in [0.29, 0.717) is 5.56 Å². The van der Waals surface area contributed by atoms with E-state index < -0.39 is 20.9 Å². The fourth-order valence-corrected chi connectivity index (χ4v) is 4.65. The van der Waals surface area contributed by atoms with Crippen LogP contribution >= 0.6 is 11.6 Å². The van der Waals surface area contributed by atoms with Crippen molar-refractivity contribution in [2.24, 2.45) is 0 Å². The van der Waals surface area contributed by atoms with Crippen molar-refractivity contribution in [1.29, 1.82) is 0 Å². The van der Waals surface area contributed by atoms with E-state index in [0.717, 1.165) is 0 Å². The molecule has 28 heavy (non-hydrogen) atoms. The second kappa shape index (κ2) is 8.68. The Labute approximate surface area is 168 Å². The highest BCUT2D eigenvalue weighted by molar-refractivity contribution is 7.89. The zero-order chi connectivity index (χ0) is 21.1. The van der Waals surface area contributed by atoms with Gasteiger partial charge in [0.2, 0.25) is 10.0 Å². The number of halogens is 1. The van der Waals surface area contributed by atoms with E-state index in [2.05, 4.69) is 5.32 Å². The first-order valence-corrected chi connectivity index (χ1v) is 10.3. The topological polar surface area (TPSA) is 110 Å². The summed E-state index contributed by atoms with van der Waals surface area (Å²) in [6, 6.07) is 8.27. The largest absolute Gasteiger partial charge is 0.321 e. The first-order valence-electron chi connectivity index (χ1n) is 8.48. The Bertz CT molecular complexity index is 1020. The zero-order valence-electron chi connectivity index (χ0n) is 15.6. The number of nitro benzene ring substituents is 1. The Balaban J connectivity index is 2.41. The van der Waals surface area contributed by atoms with Crippen LogP contribution in [0, 0.1) is 17.0 Å². The number of amides is 1. The molecular formula is C18H20ClN3O5S. The maximum absolute atomic E-state index is 12.8. The normalized spacial score (nSPS) is 11.5. The minimum absolute atomic E-state index is 0.00924. The first-order chi connectivity index (χ1) is 13.1. The molecule has 8 nitrogen and oxygen atoms in total. The van der Waals surface area contributed by atoms with E-state index in [4.69, 9.17) is 11.6 Å². The number of nitrogens with zero attached hydrogens (tertiary/aromatic N) is 2. The van der Waals surface area contributed by atoms with Gasteiger partial charge >= 0.3 is 0 Å². The number of nitrogens with one attached hydrogen (secondary N) is 1. The SMILES string of the molecule is CCN(CC)S(=O)(=O)c1cc(C(=O)Nc2cccc([N+](=O)[O-])c2C)ccc1Cl. The molecule has 0 saturated carbocycles. The lowest BCUT2D eigenvalue weighted by atomic mass is 10.1. The monoisotopic (exact) mass is 425 g/mol.